The first-order chi connectivity index (χ1) is 13.7. The molecule has 30 heavy (non-hydrogen) atoms. The van der Waals surface area contributed by atoms with Gasteiger partial charge in [0.2, 0.25) is 11.6 Å². The minimum Gasteiger partial charge on any atom is -0.308 e. The summed E-state index contributed by atoms with van der Waals surface area (Å²) >= 11 is 1.48. The van der Waals surface area contributed by atoms with Gasteiger partial charge in [0.05, 0.1) is 21.6 Å². The second-order valence-corrected chi connectivity index (χ2v) is 8.48. The number of likely N-dealkylation sites (tertiary alicyclic amines) is 1. The van der Waals surface area contributed by atoms with E-state index in [0.29, 0.717) is 5.69 Å². The summed E-state index contributed by atoms with van der Waals surface area (Å²) in [5, 5.41) is 1.95. The normalized spacial score (nSPS) is 14.6. The van der Waals surface area contributed by atoms with Gasteiger partial charge < -0.3 is 9.47 Å². The third-order valence-corrected chi connectivity index (χ3v) is 6.61. The molecule has 5 rings (SSSR count). The Balaban J connectivity index is 0.00000128. The highest BCUT2D eigenvalue weighted by Crippen LogP contribution is 2.27. The Kier molecular flexibility index (Phi) is 7.24. The van der Waals surface area contributed by atoms with E-state index in [1.54, 1.807) is 0 Å². The number of fused-ring (bicyclic) bond motifs is 3. The van der Waals surface area contributed by atoms with Crippen molar-refractivity contribution in [2.24, 2.45) is 0 Å². The summed E-state index contributed by atoms with van der Waals surface area (Å²) in [7, 11) is 0. The molecule has 0 amide bonds. The lowest BCUT2D eigenvalue weighted by atomic mass is 10.1. The van der Waals surface area contributed by atoms with E-state index in [2.05, 4.69) is 32.1 Å². The van der Waals surface area contributed by atoms with Crippen LogP contribution in [0, 0.1) is 6.92 Å². The third-order valence-electron chi connectivity index (χ3n) is 5.74. The van der Waals surface area contributed by atoms with Crippen LogP contribution in [0.3, 0.4) is 0 Å². The summed E-state index contributed by atoms with van der Waals surface area (Å²) in [6.07, 6.45) is 3.94. The zero-order valence-corrected chi connectivity index (χ0v) is 19.4. The number of nitrogens with zero attached hydrogens (tertiary/aromatic N) is 4. The van der Waals surface area contributed by atoms with Gasteiger partial charge in [-0.25, -0.2) is 4.98 Å². The average Bonchev–Trinajstić information content (AvgIpc) is 3.43. The number of rotatable bonds is 5. The molecule has 0 unspecified atom stereocenters. The van der Waals surface area contributed by atoms with Crippen molar-refractivity contribution in [1.82, 2.24) is 18.9 Å². The van der Waals surface area contributed by atoms with Crippen LogP contribution in [-0.2, 0) is 6.54 Å². The molecule has 1 fully saturated rings. The van der Waals surface area contributed by atoms with Crippen molar-refractivity contribution >= 4 is 58.7 Å². The van der Waals surface area contributed by atoms with Gasteiger partial charge in [-0.1, -0.05) is 24.6 Å². The molecule has 0 bridgehead atoms. The van der Waals surface area contributed by atoms with E-state index in [1.165, 1.54) is 43.7 Å². The maximum Gasteiger partial charge on any atom is 0.221 e. The fourth-order valence-electron chi connectivity index (χ4n) is 4.35. The number of thiophene rings is 1. The van der Waals surface area contributed by atoms with Gasteiger partial charge in [0.1, 0.15) is 5.69 Å². The topological polar surface area (TPSA) is 42.5 Å². The molecule has 5 nitrogen and oxygen atoms in total. The van der Waals surface area contributed by atoms with E-state index < -0.39 is 0 Å². The Labute approximate surface area is 192 Å². The molecule has 1 saturated heterocycles. The van der Waals surface area contributed by atoms with Crippen LogP contribution < -0.4 is 0 Å². The highest BCUT2D eigenvalue weighted by molar-refractivity contribution is 7.12. The van der Waals surface area contributed by atoms with E-state index in [4.69, 9.17) is 4.98 Å². The predicted octanol–water partition coefficient (Wildman–Crippen LogP) is 5.22. The van der Waals surface area contributed by atoms with Gasteiger partial charge in [-0.15, -0.1) is 36.2 Å². The second kappa shape index (κ2) is 9.52. The van der Waals surface area contributed by atoms with Crippen LogP contribution in [0.5, 0.6) is 0 Å². The van der Waals surface area contributed by atoms with Crippen LogP contribution in [0.1, 0.15) is 40.3 Å². The van der Waals surface area contributed by atoms with Crippen LogP contribution in [0.15, 0.2) is 41.8 Å². The first-order valence-corrected chi connectivity index (χ1v) is 10.9. The summed E-state index contributed by atoms with van der Waals surface area (Å²) in [5.74, 6) is 0.926. The number of aromatic nitrogens is 3. The van der Waals surface area contributed by atoms with Crippen LogP contribution in [0.4, 0.5) is 0 Å². The van der Waals surface area contributed by atoms with Crippen molar-refractivity contribution in [2.45, 2.75) is 32.7 Å². The summed E-state index contributed by atoms with van der Waals surface area (Å²) in [4.78, 5) is 21.3. The summed E-state index contributed by atoms with van der Waals surface area (Å²) < 4.78 is 4.34. The van der Waals surface area contributed by atoms with Crippen LogP contribution in [0.2, 0.25) is 0 Å². The summed E-state index contributed by atoms with van der Waals surface area (Å²) in [6.45, 7) is 6.22. The largest absolute Gasteiger partial charge is 0.308 e. The molecular weight excluding hydrogens is 439 g/mol. The van der Waals surface area contributed by atoms with Gasteiger partial charge >= 0.3 is 0 Å². The van der Waals surface area contributed by atoms with Gasteiger partial charge in [0.25, 0.3) is 0 Å². The molecular formula is C22H26Cl2N4OS. The third kappa shape index (κ3) is 3.89. The molecule has 4 heterocycles. The van der Waals surface area contributed by atoms with E-state index in [-0.39, 0.29) is 30.6 Å². The van der Waals surface area contributed by atoms with Gasteiger partial charge in [-0.3, -0.25) is 9.20 Å². The van der Waals surface area contributed by atoms with Gasteiger partial charge in [-0.2, -0.15) is 0 Å². The van der Waals surface area contributed by atoms with Crippen molar-refractivity contribution in [3.63, 3.8) is 0 Å². The SMILES string of the molecule is Cc1nc2n(CCN3CCCCC3)c3ccccc3n2c1C(=O)c1cccs1.Cl.Cl. The van der Waals surface area contributed by atoms with Crippen LogP contribution in [-0.4, -0.2) is 44.3 Å². The summed E-state index contributed by atoms with van der Waals surface area (Å²) in [5.41, 5.74) is 3.68. The number of halogens is 2. The first kappa shape index (κ1) is 22.8. The van der Waals surface area contributed by atoms with Crippen LogP contribution >= 0.6 is 36.2 Å². The Bertz CT molecular complexity index is 1140. The number of ketones is 1. The number of hydrogen-bond donors (Lipinski definition) is 0. The summed E-state index contributed by atoms with van der Waals surface area (Å²) in [6, 6.07) is 12.1. The first-order valence-electron chi connectivity index (χ1n) is 10.0. The highest BCUT2D eigenvalue weighted by atomic mass is 35.5. The Hall–Kier alpha value is -1.86. The fraction of sp³-hybridized carbons (Fsp3) is 0.364. The maximum absolute atomic E-state index is 13.2. The zero-order valence-electron chi connectivity index (χ0n) is 16.9. The molecule has 0 spiro atoms. The van der Waals surface area contributed by atoms with Crippen molar-refractivity contribution in [3.05, 3.63) is 58.0 Å². The van der Waals surface area contributed by atoms with Crippen molar-refractivity contribution < 1.29 is 4.79 Å². The number of imidazole rings is 2. The minimum absolute atomic E-state index is 0. The molecule has 1 aliphatic rings. The minimum atomic E-state index is 0. The quantitative estimate of drug-likeness (QED) is 0.380. The molecule has 0 N–H and O–H groups in total. The monoisotopic (exact) mass is 464 g/mol. The predicted molar refractivity (Wildman–Crippen MR) is 128 cm³/mol. The van der Waals surface area contributed by atoms with Gasteiger partial charge in [0, 0.05) is 13.1 Å². The van der Waals surface area contributed by atoms with Crippen molar-refractivity contribution in [2.75, 3.05) is 19.6 Å². The van der Waals surface area contributed by atoms with E-state index in [9.17, 15) is 4.79 Å². The molecule has 0 saturated carbocycles. The molecule has 1 aromatic carbocycles. The molecule has 1 aliphatic heterocycles. The Morgan fingerprint density at radius 2 is 1.73 bits per heavy atom. The van der Waals surface area contributed by atoms with Gasteiger partial charge in [0.15, 0.2) is 0 Å². The lowest BCUT2D eigenvalue weighted by Crippen LogP contribution is -2.32. The zero-order chi connectivity index (χ0) is 19.1. The molecule has 8 heteroatoms. The molecule has 3 aromatic heterocycles. The number of carbonyl (C=O) groups is 1. The highest BCUT2D eigenvalue weighted by Gasteiger charge is 2.24. The Morgan fingerprint density at radius 3 is 2.43 bits per heavy atom. The maximum atomic E-state index is 13.2. The van der Waals surface area contributed by atoms with Crippen molar-refractivity contribution in [3.8, 4) is 0 Å². The standard InChI is InChI=1S/C22H24N4OS.2ClH/c1-16-20(21(27)19-10-7-15-28-19)26-18-9-4-3-8-17(18)25(22(26)23-16)14-13-24-11-5-2-6-12-24;;/h3-4,7-10,15H,2,5-6,11-14H2,1H3;2*1H. The number of para-hydroxylation sites is 2. The number of benzene rings is 1. The molecule has 160 valence electrons. The smallest absolute Gasteiger partial charge is 0.221 e. The molecule has 0 atom stereocenters. The number of hydrogen-bond acceptors (Lipinski definition) is 4. The average molecular weight is 465 g/mol. The van der Waals surface area contributed by atoms with Crippen LogP contribution in [0.25, 0.3) is 16.8 Å². The number of aryl methyl sites for hydroxylation is 1. The van der Waals surface area contributed by atoms with Crippen molar-refractivity contribution in [1.29, 1.82) is 0 Å². The lowest BCUT2D eigenvalue weighted by molar-refractivity contribution is 0.103. The van der Waals surface area contributed by atoms with E-state index >= 15 is 0 Å². The fourth-order valence-corrected chi connectivity index (χ4v) is 5.01. The second-order valence-electron chi connectivity index (χ2n) is 7.53. The van der Waals surface area contributed by atoms with E-state index in [1.807, 2.05) is 30.5 Å². The number of piperidine rings is 1. The molecule has 0 aliphatic carbocycles. The Morgan fingerprint density at radius 1 is 1.00 bits per heavy atom. The van der Waals surface area contributed by atoms with Gasteiger partial charge in [-0.05, 0) is 56.4 Å². The lowest BCUT2D eigenvalue weighted by Gasteiger charge is -2.26. The van der Waals surface area contributed by atoms with E-state index in [0.717, 1.165) is 40.5 Å². The molecule has 4 aromatic rings. The number of carbonyl (C=O) groups excluding carboxylic acids is 1. The molecule has 0 radical (unpaired) electrons.